The van der Waals surface area contributed by atoms with Crippen molar-refractivity contribution in [2.75, 3.05) is 6.54 Å². The number of rotatable bonds is 4. The van der Waals surface area contributed by atoms with Crippen molar-refractivity contribution < 1.29 is 4.79 Å². The molecule has 4 heteroatoms. The summed E-state index contributed by atoms with van der Waals surface area (Å²) in [5, 5.41) is 3.38. The fourth-order valence-corrected chi connectivity index (χ4v) is 2.00. The summed E-state index contributed by atoms with van der Waals surface area (Å²) < 4.78 is 0.967. The van der Waals surface area contributed by atoms with Gasteiger partial charge in [-0.1, -0.05) is 22.5 Å². The Morgan fingerprint density at radius 1 is 1.43 bits per heavy atom. The van der Waals surface area contributed by atoms with Gasteiger partial charge in [0.1, 0.15) is 0 Å². The Kier molecular flexibility index (Phi) is 4.62. The maximum atomic E-state index is 10.9. The summed E-state index contributed by atoms with van der Waals surface area (Å²) in [4.78, 5) is 10.9. The third-order valence-corrected chi connectivity index (χ3v) is 2.99. The van der Waals surface area contributed by atoms with E-state index in [4.69, 9.17) is 5.73 Å². The SMILES string of the molecule is C=C(Br)CNC1CCC(C(N)=O)CC1. The molecular formula is C10H17BrN2O. The lowest BCUT2D eigenvalue weighted by Gasteiger charge is -2.27. The van der Waals surface area contributed by atoms with Gasteiger partial charge in [0.05, 0.1) is 0 Å². The summed E-state index contributed by atoms with van der Waals surface area (Å²) in [7, 11) is 0. The van der Waals surface area contributed by atoms with E-state index in [1.807, 2.05) is 0 Å². The summed E-state index contributed by atoms with van der Waals surface area (Å²) in [6.07, 6.45) is 3.91. The van der Waals surface area contributed by atoms with Crippen LogP contribution < -0.4 is 11.1 Å². The average Bonchev–Trinajstić information content (AvgIpc) is 2.15. The number of nitrogens with two attached hydrogens (primary N) is 1. The van der Waals surface area contributed by atoms with Crippen LogP contribution in [0.15, 0.2) is 11.1 Å². The van der Waals surface area contributed by atoms with Crippen LogP contribution in [-0.4, -0.2) is 18.5 Å². The molecule has 3 N–H and O–H groups in total. The van der Waals surface area contributed by atoms with E-state index < -0.39 is 0 Å². The second-order valence-electron chi connectivity index (χ2n) is 3.85. The standard InChI is InChI=1S/C10H17BrN2O/c1-7(11)6-13-9-4-2-8(3-5-9)10(12)14/h8-9,13H,1-6H2,(H2,12,14). The highest BCUT2D eigenvalue weighted by Crippen LogP contribution is 2.23. The number of halogens is 1. The monoisotopic (exact) mass is 260 g/mol. The fourth-order valence-electron chi connectivity index (χ4n) is 1.84. The number of carbonyl (C=O) groups is 1. The lowest BCUT2D eigenvalue weighted by Crippen LogP contribution is -2.37. The topological polar surface area (TPSA) is 55.1 Å². The van der Waals surface area contributed by atoms with Crippen LogP contribution in [-0.2, 0) is 4.79 Å². The Morgan fingerprint density at radius 3 is 2.43 bits per heavy atom. The minimum atomic E-state index is -0.145. The first-order valence-corrected chi connectivity index (χ1v) is 5.75. The molecule has 1 saturated carbocycles. The molecule has 1 rings (SSSR count). The highest BCUT2D eigenvalue weighted by atomic mass is 79.9. The molecule has 0 saturated heterocycles. The van der Waals surface area contributed by atoms with Gasteiger partial charge in [-0.25, -0.2) is 0 Å². The van der Waals surface area contributed by atoms with Gasteiger partial charge in [-0.05, 0) is 25.7 Å². The molecule has 1 aliphatic carbocycles. The number of amides is 1. The number of nitrogens with one attached hydrogen (secondary N) is 1. The molecule has 0 heterocycles. The van der Waals surface area contributed by atoms with Crippen LogP contribution in [0.5, 0.6) is 0 Å². The summed E-state index contributed by atoms with van der Waals surface area (Å²) in [5.74, 6) is -0.0476. The quantitative estimate of drug-likeness (QED) is 0.806. The van der Waals surface area contributed by atoms with Gasteiger partial charge in [0, 0.05) is 23.0 Å². The summed E-state index contributed by atoms with van der Waals surface area (Å²) in [6.45, 7) is 4.56. The molecule has 14 heavy (non-hydrogen) atoms. The Labute approximate surface area is 93.2 Å². The van der Waals surface area contributed by atoms with Gasteiger partial charge in [0.15, 0.2) is 0 Å². The zero-order valence-corrected chi connectivity index (χ0v) is 9.85. The van der Waals surface area contributed by atoms with Crippen molar-refractivity contribution in [1.82, 2.24) is 5.32 Å². The van der Waals surface area contributed by atoms with Gasteiger partial charge in [0.25, 0.3) is 0 Å². The number of hydrogen-bond acceptors (Lipinski definition) is 2. The molecule has 1 amide bonds. The second-order valence-corrected chi connectivity index (χ2v) is 4.97. The van der Waals surface area contributed by atoms with Crippen molar-refractivity contribution in [3.8, 4) is 0 Å². The van der Waals surface area contributed by atoms with Gasteiger partial charge < -0.3 is 11.1 Å². The summed E-state index contributed by atoms with van der Waals surface area (Å²) in [5.41, 5.74) is 5.25. The van der Waals surface area contributed by atoms with E-state index in [1.54, 1.807) is 0 Å². The normalized spacial score (nSPS) is 27.2. The maximum absolute atomic E-state index is 10.9. The van der Waals surface area contributed by atoms with Crippen LogP contribution in [0.3, 0.4) is 0 Å². The van der Waals surface area contributed by atoms with E-state index in [9.17, 15) is 4.79 Å². The van der Waals surface area contributed by atoms with Gasteiger partial charge in [-0.2, -0.15) is 0 Å². The Balaban J connectivity index is 2.22. The van der Waals surface area contributed by atoms with Crippen LogP contribution in [0.2, 0.25) is 0 Å². The molecule has 3 nitrogen and oxygen atoms in total. The third-order valence-electron chi connectivity index (χ3n) is 2.71. The first kappa shape index (κ1) is 11.7. The van der Waals surface area contributed by atoms with Crippen molar-refractivity contribution in [2.24, 2.45) is 11.7 Å². The van der Waals surface area contributed by atoms with E-state index >= 15 is 0 Å². The largest absolute Gasteiger partial charge is 0.369 e. The van der Waals surface area contributed by atoms with E-state index in [-0.39, 0.29) is 11.8 Å². The van der Waals surface area contributed by atoms with Crippen LogP contribution in [0.1, 0.15) is 25.7 Å². The van der Waals surface area contributed by atoms with Crippen LogP contribution in [0.25, 0.3) is 0 Å². The lowest BCUT2D eigenvalue weighted by molar-refractivity contribution is -0.122. The molecule has 0 aromatic rings. The smallest absolute Gasteiger partial charge is 0.220 e. The molecule has 0 spiro atoms. The number of hydrogen-bond donors (Lipinski definition) is 2. The average molecular weight is 261 g/mol. The molecule has 0 aromatic heterocycles. The molecule has 0 atom stereocenters. The van der Waals surface area contributed by atoms with Crippen LogP contribution in [0.4, 0.5) is 0 Å². The molecule has 0 aliphatic heterocycles. The third kappa shape index (κ3) is 3.80. The van der Waals surface area contributed by atoms with Crippen LogP contribution >= 0.6 is 15.9 Å². The van der Waals surface area contributed by atoms with E-state index in [2.05, 4.69) is 27.8 Å². The van der Waals surface area contributed by atoms with E-state index in [0.29, 0.717) is 6.04 Å². The molecule has 0 radical (unpaired) electrons. The van der Waals surface area contributed by atoms with E-state index in [1.165, 1.54) is 0 Å². The van der Waals surface area contributed by atoms with Gasteiger partial charge in [0.2, 0.25) is 5.91 Å². The van der Waals surface area contributed by atoms with Crippen LogP contribution in [0, 0.1) is 5.92 Å². The van der Waals surface area contributed by atoms with Crippen molar-refractivity contribution in [2.45, 2.75) is 31.7 Å². The van der Waals surface area contributed by atoms with Crippen molar-refractivity contribution in [3.05, 3.63) is 11.1 Å². The summed E-state index contributed by atoms with van der Waals surface area (Å²) >= 11 is 3.31. The van der Waals surface area contributed by atoms with Gasteiger partial charge in [-0.15, -0.1) is 0 Å². The van der Waals surface area contributed by atoms with Crippen molar-refractivity contribution >= 4 is 21.8 Å². The second kappa shape index (κ2) is 5.51. The minimum absolute atomic E-state index is 0.0974. The minimum Gasteiger partial charge on any atom is -0.369 e. The predicted octanol–water partition coefficient (Wildman–Crippen LogP) is 1.53. The highest BCUT2D eigenvalue weighted by molar-refractivity contribution is 9.11. The van der Waals surface area contributed by atoms with Crippen molar-refractivity contribution in [3.63, 3.8) is 0 Å². The highest BCUT2D eigenvalue weighted by Gasteiger charge is 2.23. The Morgan fingerprint density at radius 2 is 2.00 bits per heavy atom. The molecule has 0 bridgehead atoms. The molecule has 0 unspecified atom stereocenters. The van der Waals surface area contributed by atoms with E-state index in [0.717, 1.165) is 36.7 Å². The fraction of sp³-hybridized carbons (Fsp3) is 0.700. The molecule has 80 valence electrons. The first-order valence-electron chi connectivity index (χ1n) is 4.95. The first-order chi connectivity index (χ1) is 6.59. The van der Waals surface area contributed by atoms with Crippen molar-refractivity contribution in [1.29, 1.82) is 0 Å². The van der Waals surface area contributed by atoms with Gasteiger partial charge >= 0.3 is 0 Å². The maximum Gasteiger partial charge on any atom is 0.220 e. The number of carbonyl (C=O) groups excluding carboxylic acids is 1. The lowest BCUT2D eigenvalue weighted by atomic mass is 9.85. The molecular weight excluding hydrogens is 244 g/mol. The number of primary amides is 1. The van der Waals surface area contributed by atoms with Gasteiger partial charge in [-0.3, -0.25) is 4.79 Å². The molecule has 1 aliphatic rings. The molecule has 0 aromatic carbocycles. The zero-order chi connectivity index (χ0) is 10.6. The predicted molar refractivity (Wildman–Crippen MR) is 61.0 cm³/mol. The summed E-state index contributed by atoms with van der Waals surface area (Å²) in [6, 6.07) is 0.514. The Bertz CT molecular complexity index is 222. The Hall–Kier alpha value is -0.350. The zero-order valence-electron chi connectivity index (χ0n) is 8.26. The molecule has 1 fully saturated rings.